The minimum Gasteiger partial charge on any atom is -0.858 e. The van der Waals surface area contributed by atoms with Crippen LogP contribution in [0, 0.1) is 0 Å². The first kappa shape index (κ1) is 21.1. The van der Waals surface area contributed by atoms with Gasteiger partial charge in [0.25, 0.3) is 0 Å². The Balaban J connectivity index is 1.48. The van der Waals surface area contributed by atoms with Gasteiger partial charge in [-0.3, -0.25) is 4.57 Å². The summed E-state index contributed by atoms with van der Waals surface area (Å²) in [6, 6.07) is 7.57. The lowest BCUT2D eigenvalue weighted by atomic mass is 10.1. The Kier molecular flexibility index (Phi) is 5.55. The van der Waals surface area contributed by atoms with Crippen molar-refractivity contribution in [3.63, 3.8) is 0 Å². The van der Waals surface area contributed by atoms with Gasteiger partial charge in [-0.1, -0.05) is 30.3 Å². The molecule has 13 nitrogen and oxygen atoms in total. The third-order valence-electron chi connectivity index (χ3n) is 4.60. The van der Waals surface area contributed by atoms with Crippen molar-refractivity contribution in [2.24, 2.45) is 4.40 Å². The number of aliphatic hydroxyl groups excluding tert-OH is 2. The summed E-state index contributed by atoms with van der Waals surface area (Å²) in [6.45, 7) is -0.688. The van der Waals surface area contributed by atoms with E-state index in [2.05, 4.69) is 19.3 Å². The lowest BCUT2D eigenvalue weighted by molar-refractivity contribution is -0.212. The second-order valence-corrected chi connectivity index (χ2v) is 7.88. The van der Waals surface area contributed by atoms with Crippen LogP contribution in [-0.2, 0) is 19.2 Å². The molecule has 0 bridgehead atoms. The molecule has 0 amide bonds. The molecule has 2 aromatic heterocycles. The minimum absolute atomic E-state index is 0.0653. The van der Waals surface area contributed by atoms with Gasteiger partial charge in [0, 0.05) is 5.90 Å². The minimum atomic E-state index is -4.62. The zero-order valence-electron chi connectivity index (χ0n) is 15.7. The van der Waals surface area contributed by atoms with Gasteiger partial charge in [-0.25, -0.2) is 19.1 Å². The quantitative estimate of drug-likeness (QED) is 0.280. The van der Waals surface area contributed by atoms with Crippen LogP contribution in [-0.4, -0.2) is 69.0 Å². The van der Waals surface area contributed by atoms with Crippen LogP contribution in [0.5, 0.6) is 0 Å². The molecule has 164 valence electrons. The average molecular weight is 449 g/mol. The predicted octanol–water partition coefficient (Wildman–Crippen LogP) is -1.90. The number of anilines is 1. The lowest BCUT2D eigenvalue weighted by Gasteiger charge is -2.16. The molecule has 31 heavy (non-hydrogen) atoms. The zero-order valence-corrected chi connectivity index (χ0v) is 16.5. The van der Waals surface area contributed by atoms with Gasteiger partial charge >= 0.3 is 10.3 Å². The number of aliphatic hydroxyl groups is 2. The molecule has 0 radical (unpaired) electrons. The summed E-state index contributed by atoms with van der Waals surface area (Å²) in [5.41, 5.74) is 6.32. The highest BCUT2D eigenvalue weighted by atomic mass is 32.2. The van der Waals surface area contributed by atoms with Crippen LogP contribution < -0.4 is 10.8 Å². The van der Waals surface area contributed by atoms with E-state index >= 15 is 0 Å². The summed E-state index contributed by atoms with van der Waals surface area (Å²) in [5.74, 6) is -0.888. The average Bonchev–Trinajstić information content (AvgIpc) is 3.29. The predicted molar refractivity (Wildman–Crippen MR) is 104 cm³/mol. The maximum absolute atomic E-state index is 12.0. The second-order valence-electron chi connectivity index (χ2n) is 6.60. The van der Waals surface area contributed by atoms with Gasteiger partial charge in [-0.2, -0.15) is 12.8 Å². The number of imidazole rings is 1. The first-order valence-corrected chi connectivity index (χ1v) is 10.3. The third-order valence-corrected chi connectivity index (χ3v) is 5.42. The molecule has 1 aliphatic heterocycles. The molecular formula is C17H17N6O7S-. The van der Waals surface area contributed by atoms with Gasteiger partial charge in [0.1, 0.15) is 30.2 Å². The summed E-state index contributed by atoms with van der Waals surface area (Å²) < 4.78 is 38.7. The fourth-order valence-electron chi connectivity index (χ4n) is 3.07. The van der Waals surface area contributed by atoms with E-state index in [-0.39, 0.29) is 22.5 Å². The van der Waals surface area contributed by atoms with E-state index < -0.39 is 47.3 Å². The van der Waals surface area contributed by atoms with Crippen LogP contribution in [0.4, 0.5) is 5.82 Å². The van der Waals surface area contributed by atoms with Crippen molar-refractivity contribution in [2.45, 2.75) is 24.5 Å². The van der Waals surface area contributed by atoms with Crippen molar-refractivity contribution in [1.82, 2.24) is 19.5 Å². The first-order chi connectivity index (χ1) is 14.8. The number of aromatic nitrogens is 4. The topological polar surface area (TPSA) is 198 Å². The molecule has 1 saturated heterocycles. The Labute approximate surface area is 175 Å². The Hall–Kier alpha value is -3.17. The van der Waals surface area contributed by atoms with E-state index in [1.807, 2.05) is 0 Å². The number of benzene rings is 1. The molecule has 3 heterocycles. The largest absolute Gasteiger partial charge is 0.858 e. The highest BCUT2D eigenvalue weighted by molar-refractivity contribution is 7.85. The number of hydrogen-bond acceptors (Lipinski definition) is 11. The smallest absolute Gasteiger partial charge is 0.380 e. The molecule has 4 N–H and O–H groups in total. The van der Waals surface area contributed by atoms with Crippen LogP contribution in [0.2, 0.25) is 0 Å². The van der Waals surface area contributed by atoms with E-state index in [1.54, 1.807) is 18.2 Å². The monoisotopic (exact) mass is 449 g/mol. The van der Waals surface area contributed by atoms with Gasteiger partial charge in [0.15, 0.2) is 17.7 Å². The summed E-state index contributed by atoms with van der Waals surface area (Å²) >= 11 is 0. The van der Waals surface area contributed by atoms with Gasteiger partial charge in [-0.15, -0.1) is 0 Å². The highest BCUT2D eigenvalue weighted by Gasteiger charge is 2.45. The number of nitrogens with two attached hydrogens (primary N) is 1. The number of nitrogens with zero attached hydrogens (tertiary/aromatic N) is 5. The number of fused-ring (bicyclic) bond motifs is 1. The summed E-state index contributed by atoms with van der Waals surface area (Å²) in [4.78, 5) is 11.9. The molecule has 1 aliphatic rings. The van der Waals surface area contributed by atoms with Crippen molar-refractivity contribution in [3.05, 3.63) is 48.5 Å². The van der Waals surface area contributed by atoms with Crippen molar-refractivity contribution >= 4 is 33.2 Å². The normalized spacial score (nSPS) is 24.6. The van der Waals surface area contributed by atoms with Crippen molar-refractivity contribution < 1.29 is 32.7 Å². The van der Waals surface area contributed by atoms with Crippen molar-refractivity contribution in [1.29, 1.82) is 0 Å². The lowest BCUT2D eigenvalue weighted by Crippen LogP contribution is -2.34. The van der Waals surface area contributed by atoms with Crippen LogP contribution >= 0.6 is 0 Å². The van der Waals surface area contributed by atoms with E-state index in [9.17, 15) is 23.7 Å². The highest BCUT2D eigenvalue weighted by Crippen LogP contribution is 2.32. The summed E-state index contributed by atoms with van der Waals surface area (Å²) in [5, 5.41) is 32.6. The summed E-state index contributed by atoms with van der Waals surface area (Å²) in [6.07, 6.45) is -2.84. The molecule has 3 aromatic rings. The number of ether oxygens (including phenoxy) is 1. The molecule has 0 spiro atoms. The number of rotatable bonds is 6. The standard InChI is InChI=1S/C17H18N6O7S/c18-14-11-15(20-7-19-14)23(8-21-11)17-13(25)12(24)10(30-17)6-29-31(27,28)22-16(26)9-4-2-1-3-5-9/h1-5,7-8,10,12-13,17,24-25H,6H2,(H,22,26)(H2,18,19,20)/p-1/t10?,12-,13-,17?/m1/s1. The Bertz CT molecular complexity index is 1220. The van der Waals surface area contributed by atoms with Crippen molar-refractivity contribution in [2.75, 3.05) is 12.3 Å². The number of hydrogen-bond donors (Lipinski definition) is 3. The van der Waals surface area contributed by atoms with Crippen LogP contribution in [0.25, 0.3) is 11.2 Å². The molecule has 0 saturated carbocycles. The molecule has 4 rings (SSSR count). The van der Waals surface area contributed by atoms with Crippen LogP contribution in [0.1, 0.15) is 11.8 Å². The Morgan fingerprint density at radius 2 is 1.97 bits per heavy atom. The van der Waals surface area contributed by atoms with E-state index in [0.29, 0.717) is 0 Å². The van der Waals surface area contributed by atoms with Gasteiger partial charge in [-0.05, 0) is 5.56 Å². The fourth-order valence-corrected chi connectivity index (χ4v) is 3.73. The molecule has 2 unspecified atom stereocenters. The van der Waals surface area contributed by atoms with Gasteiger partial charge in [0.05, 0.1) is 12.9 Å². The molecular weight excluding hydrogens is 432 g/mol. The first-order valence-electron chi connectivity index (χ1n) is 8.93. The third kappa shape index (κ3) is 4.19. The zero-order chi connectivity index (χ0) is 22.2. The molecule has 0 aliphatic carbocycles. The van der Waals surface area contributed by atoms with Gasteiger partial charge in [0.2, 0.25) is 0 Å². The fraction of sp³-hybridized carbons (Fsp3) is 0.294. The van der Waals surface area contributed by atoms with E-state index in [4.69, 9.17) is 14.7 Å². The molecule has 1 fully saturated rings. The van der Waals surface area contributed by atoms with Gasteiger partial charge < -0.3 is 25.8 Å². The molecule has 14 heteroatoms. The second kappa shape index (κ2) is 8.16. The van der Waals surface area contributed by atoms with Crippen molar-refractivity contribution in [3.8, 4) is 0 Å². The summed E-state index contributed by atoms with van der Waals surface area (Å²) in [7, 11) is -4.62. The SMILES string of the molecule is Nc1ncnc2c1ncn2C1OC(COS(=O)(=O)/N=C(\[O-])c2ccccc2)[C@@H](O)[C@H]1O. The number of nitrogen functional groups attached to an aromatic ring is 1. The Morgan fingerprint density at radius 3 is 2.71 bits per heavy atom. The molecule has 1 aromatic carbocycles. The maximum atomic E-state index is 12.0. The van der Waals surface area contributed by atoms with E-state index in [0.717, 1.165) is 0 Å². The van der Waals surface area contributed by atoms with Crippen LogP contribution in [0.3, 0.4) is 0 Å². The van der Waals surface area contributed by atoms with Crippen LogP contribution in [0.15, 0.2) is 47.4 Å². The van der Waals surface area contributed by atoms with E-state index in [1.165, 1.54) is 29.4 Å². The Morgan fingerprint density at radius 1 is 1.23 bits per heavy atom. The maximum Gasteiger partial charge on any atom is 0.380 e. The molecule has 4 atom stereocenters.